The fraction of sp³-hybridized carbons (Fsp3) is 0. The van der Waals surface area contributed by atoms with Gasteiger partial charge >= 0.3 is 0 Å². The lowest BCUT2D eigenvalue weighted by molar-refractivity contribution is 1.18. The highest BCUT2D eigenvalue weighted by Crippen LogP contribution is 2.48. The molecule has 0 fully saturated rings. The van der Waals surface area contributed by atoms with Crippen LogP contribution in [0.1, 0.15) is 0 Å². The lowest BCUT2D eigenvalue weighted by atomic mass is 9.93. The molecule has 0 saturated carbocycles. The van der Waals surface area contributed by atoms with Gasteiger partial charge in [0.2, 0.25) is 0 Å². The van der Waals surface area contributed by atoms with E-state index in [1.807, 2.05) is 0 Å². The molecule has 69 heavy (non-hydrogen) atoms. The molecule has 0 aliphatic rings. The van der Waals surface area contributed by atoms with Crippen molar-refractivity contribution < 1.29 is 0 Å². The van der Waals surface area contributed by atoms with Gasteiger partial charge in [0.25, 0.3) is 0 Å². The second kappa shape index (κ2) is 15.7. The average molecular weight is 878 g/mol. The van der Waals surface area contributed by atoms with Crippen LogP contribution in [0.5, 0.6) is 0 Å². The average Bonchev–Trinajstić information content (AvgIpc) is 3.93. The van der Waals surface area contributed by atoms with Gasteiger partial charge in [0.1, 0.15) is 0 Å². The molecule has 0 spiro atoms. The highest BCUT2D eigenvalue weighted by Gasteiger charge is 2.23. The highest BCUT2D eigenvalue weighted by molar-refractivity contribution is 6.16. The normalized spacial score (nSPS) is 11.8. The highest BCUT2D eigenvalue weighted by atomic mass is 15.1. The van der Waals surface area contributed by atoms with Gasteiger partial charge in [0.15, 0.2) is 0 Å². The van der Waals surface area contributed by atoms with Crippen molar-refractivity contribution in [3.8, 4) is 33.6 Å². The third-order valence-corrected chi connectivity index (χ3v) is 14.3. The minimum absolute atomic E-state index is 1.12. The summed E-state index contributed by atoms with van der Waals surface area (Å²) < 4.78 is 4.79. The van der Waals surface area contributed by atoms with Crippen LogP contribution in [0.25, 0.3) is 110 Å². The smallest absolute Gasteiger partial charge is 0.0547 e. The lowest BCUT2D eigenvalue weighted by Gasteiger charge is -2.30. The van der Waals surface area contributed by atoms with Gasteiger partial charge in [-0.15, -0.1) is 0 Å². The number of hydrogen-bond acceptors (Lipinski definition) is 1. The zero-order chi connectivity index (χ0) is 45.4. The van der Waals surface area contributed by atoms with E-state index >= 15 is 0 Å². The maximum Gasteiger partial charge on any atom is 0.0547 e. The third kappa shape index (κ3) is 6.14. The van der Waals surface area contributed by atoms with Crippen LogP contribution in [0.2, 0.25) is 0 Å². The second-order valence-corrected chi connectivity index (χ2v) is 18.0. The molecule has 0 amide bonds. The molecule has 0 unspecified atom stereocenters. The SMILES string of the molecule is c1ccc(-n2c3ccccc3c3cc(-c4ccc(N(c5cccc6ccccc56)c5ccc(-c6ccc7c8ccccc8n(-c8ccccc8)c7c6)c6ccccc56)c5ccccc45)ccc32)cc1. The topological polar surface area (TPSA) is 13.1 Å². The van der Waals surface area contributed by atoms with Crippen LogP contribution >= 0.6 is 0 Å². The monoisotopic (exact) mass is 877 g/mol. The zero-order valence-electron chi connectivity index (χ0n) is 37.7. The summed E-state index contributed by atoms with van der Waals surface area (Å²) >= 11 is 0. The maximum atomic E-state index is 2.51. The van der Waals surface area contributed by atoms with Gasteiger partial charge in [-0.2, -0.15) is 0 Å². The largest absolute Gasteiger partial charge is 0.309 e. The molecular formula is C66H43N3. The van der Waals surface area contributed by atoms with Crippen molar-refractivity contribution in [1.82, 2.24) is 9.13 Å². The molecule has 0 bridgehead atoms. The summed E-state index contributed by atoms with van der Waals surface area (Å²) in [6.45, 7) is 0. The summed E-state index contributed by atoms with van der Waals surface area (Å²) in [5.41, 5.74) is 15.3. The predicted molar refractivity (Wildman–Crippen MR) is 293 cm³/mol. The van der Waals surface area contributed by atoms with Crippen molar-refractivity contribution in [3.63, 3.8) is 0 Å². The molecule has 0 radical (unpaired) electrons. The summed E-state index contributed by atoms with van der Waals surface area (Å²) in [5.74, 6) is 0. The number of anilines is 3. The van der Waals surface area contributed by atoms with Crippen LogP contribution in [-0.2, 0) is 0 Å². The van der Waals surface area contributed by atoms with E-state index in [1.165, 1.54) is 98.2 Å². The zero-order valence-corrected chi connectivity index (χ0v) is 37.7. The van der Waals surface area contributed by atoms with E-state index in [0.717, 1.165) is 28.4 Å². The Morgan fingerprint density at radius 3 is 1.28 bits per heavy atom. The van der Waals surface area contributed by atoms with Crippen LogP contribution < -0.4 is 4.90 Å². The standard InChI is InChI=1S/C66H43N3/c1-3-20-47(21-4-1)67-62-32-16-14-30-57(62)59-42-45(35-39-65(59)67)49-37-40-63(54-27-11-9-25-52(49)54)69(60-33-17-19-44-18-7-8-24-51(44)60)64-41-38-50(53-26-10-12-28-55(53)64)46-34-36-58-56-29-13-15-31-61(56)68(66(58)43-46)48-22-5-2-6-23-48/h1-43H. The first-order chi connectivity index (χ1) is 34.3. The molecule has 3 nitrogen and oxygen atoms in total. The van der Waals surface area contributed by atoms with Crippen LogP contribution in [0.15, 0.2) is 261 Å². The summed E-state index contributed by atoms with van der Waals surface area (Å²) in [4.78, 5) is 2.51. The molecule has 0 aliphatic carbocycles. The molecule has 322 valence electrons. The Bertz CT molecular complexity index is 4310. The van der Waals surface area contributed by atoms with Crippen molar-refractivity contribution >= 4 is 93.0 Å². The van der Waals surface area contributed by atoms with Gasteiger partial charge in [0.05, 0.1) is 39.1 Å². The maximum absolute atomic E-state index is 2.51. The summed E-state index contributed by atoms with van der Waals surface area (Å²) in [7, 11) is 0. The van der Waals surface area contributed by atoms with Gasteiger partial charge in [-0.25, -0.2) is 0 Å². The number of aromatic nitrogens is 2. The number of benzene rings is 12. The molecule has 0 saturated heterocycles. The van der Waals surface area contributed by atoms with Crippen LogP contribution in [0, 0.1) is 0 Å². The van der Waals surface area contributed by atoms with Crippen molar-refractivity contribution in [2.45, 2.75) is 0 Å². The minimum atomic E-state index is 1.12. The van der Waals surface area contributed by atoms with Crippen LogP contribution in [0.4, 0.5) is 17.1 Å². The van der Waals surface area contributed by atoms with Gasteiger partial charge in [-0.1, -0.05) is 188 Å². The van der Waals surface area contributed by atoms with E-state index in [9.17, 15) is 0 Å². The first kappa shape index (κ1) is 39.0. The Labute approximate surface area is 399 Å². The van der Waals surface area contributed by atoms with Gasteiger partial charge in [-0.3, -0.25) is 0 Å². The Kier molecular flexibility index (Phi) is 8.90. The molecule has 12 aromatic carbocycles. The van der Waals surface area contributed by atoms with E-state index in [-0.39, 0.29) is 0 Å². The van der Waals surface area contributed by atoms with Gasteiger partial charge in [-0.05, 0) is 111 Å². The van der Waals surface area contributed by atoms with Gasteiger partial charge < -0.3 is 14.0 Å². The number of para-hydroxylation sites is 4. The molecule has 0 atom stereocenters. The Morgan fingerprint density at radius 2 is 0.652 bits per heavy atom. The molecular weight excluding hydrogens is 835 g/mol. The molecule has 0 aliphatic heterocycles. The van der Waals surface area contributed by atoms with E-state index in [1.54, 1.807) is 0 Å². The molecule has 0 N–H and O–H groups in total. The number of hydrogen-bond donors (Lipinski definition) is 0. The van der Waals surface area contributed by atoms with Crippen molar-refractivity contribution in [2.24, 2.45) is 0 Å². The van der Waals surface area contributed by atoms with E-state index in [0.29, 0.717) is 0 Å². The second-order valence-electron chi connectivity index (χ2n) is 18.0. The minimum Gasteiger partial charge on any atom is -0.309 e. The molecule has 2 heterocycles. The molecule has 3 heteroatoms. The lowest BCUT2D eigenvalue weighted by Crippen LogP contribution is -2.12. The van der Waals surface area contributed by atoms with Crippen LogP contribution in [0.3, 0.4) is 0 Å². The first-order valence-electron chi connectivity index (χ1n) is 23.8. The van der Waals surface area contributed by atoms with E-state index in [4.69, 9.17) is 0 Å². The third-order valence-electron chi connectivity index (χ3n) is 14.3. The van der Waals surface area contributed by atoms with Crippen LogP contribution in [-0.4, -0.2) is 9.13 Å². The summed E-state index contributed by atoms with van der Waals surface area (Å²) in [6, 6.07) is 95.6. The van der Waals surface area contributed by atoms with E-state index in [2.05, 4.69) is 275 Å². The molecule has 14 aromatic rings. The summed E-state index contributed by atoms with van der Waals surface area (Å²) in [6.07, 6.45) is 0. The Morgan fingerprint density at radius 1 is 0.232 bits per heavy atom. The molecule has 14 rings (SSSR count). The number of rotatable bonds is 7. The number of fused-ring (bicyclic) bond motifs is 9. The van der Waals surface area contributed by atoms with Crippen molar-refractivity contribution in [2.75, 3.05) is 4.90 Å². The van der Waals surface area contributed by atoms with Crippen molar-refractivity contribution in [1.29, 1.82) is 0 Å². The van der Waals surface area contributed by atoms with Gasteiger partial charge in [0, 0.05) is 49.1 Å². The Hall–Kier alpha value is -9.18. The predicted octanol–water partition coefficient (Wildman–Crippen LogP) is 18.1. The quantitative estimate of drug-likeness (QED) is 0.155. The molecule has 2 aromatic heterocycles. The Balaban J connectivity index is 0.973. The van der Waals surface area contributed by atoms with Crippen molar-refractivity contribution in [3.05, 3.63) is 261 Å². The fourth-order valence-electron chi connectivity index (χ4n) is 11.2. The summed E-state index contributed by atoms with van der Waals surface area (Å²) in [5, 5.41) is 12.1. The number of nitrogens with zero attached hydrogens (tertiary/aromatic N) is 3. The fourth-order valence-corrected chi connectivity index (χ4v) is 11.2. The first-order valence-corrected chi connectivity index (χ1v) is 23.8. The van der Waals surface area contributed by atoms with E-state index < -0.39 is 0 Å².